The Bertz CT molecular complexity index is 293. The van der Waals surface area contributed by atoms with E-state index in [1.807, 2.05) is 6.92 Å². The van der Waals surface area contributed by atoms with Gasteiger partial charge >= 0.3 is 0 Å². The number of aryl methyl sites for hydroxylation is 1. The number of thiazole rings is 1. The average Bonchev–Trinajstić information content (AvgIpc) is 2.33. The maximum Gasteiger partial charge on any atom is 0.130 e. The quantitative estimate of drug-likeness (QED) is 0.742. The minimum atomic E-state index is 0.263. The zero-order valence-corrected chi connectivity index (χ0v) is 9.15. The van der Waals surface area contributed by atoms with E-state index in [0.29, 0.717) is 12.3 Å². The molecule has 0 fully saturated rings. The van der Waals surface area contributed by atoms with Crippen molar-refractivity contribution >= 4 is 17.1 Å². The summed E-state index contributed by atoms with van der Waals surface area (Å²) in [6.07, 6.45) is 1.58. The number of nitrogens with zero attached hydrogens (tertiary/aromatic N) is 1. The molecule has 1 rings (SSSR count). The number of carbonyl (C=O) groups is 1. The topological polar surface area (TPSA) is 30.0 Å². The second kappa shape index (κ2) is 4.51. The summed E-state index contributed by atoms with van der Waals surface area (Å²) in [6, 6.07) is 0. The first-order valence-corrected chi connectivity index (χ1v) is 5.36. The highest BCUT2D eigenvalue weighted by Gasteiger charge is 2.08. The van der Waals surface area contributed by atoms with Crippen LogP contribution in [0.15, 0.2) is 5.38 Å². The number of aromatic nitrogens is 1. The fourth-order valence-electron chi connectivity index (χ4n) is 1.42. The Balaban J connectivity index is 2.44. The van der Waals surface area contributed by atoms with Crippen molar-refractivity contribution in [2.75, 3.05) is 0 Å². The van der Waals surface area contributed by atoms with E-state index in [2.05, 4.69) is 17.3 Å². The predicted octanol–water partition coefficient (Wildman–Crippen LogP) is 2.61. The van der Waals surface area contributed by atoms with Crippen molar-refractivity contribution in [3.63, 3.8) is 0 Å². The molecule has 0 aliphatic carbocycles. The molecule has 0 saturated carbocycles. The van der Waals surface area contributed by atoms with Crippen LogP contribution in [-0.2, 0) is 11.2 Å². The van der Waals surface area contributed by atoms with Gasteiger partial charge in [0.15, 0.2) is 0 Å². The van der Waals surface area contributed by atoms with E-state index in [1.54, 1.807) is 18.3 Å². The van der Waals surface area contributed by atoms with Gasteiger partial charge in [0.2, 0.25) is 0 Å². The van der Waals surface area contributed by atoms with Crippen LogP contribution in [0, 0.1) is 12.8 Å². The van der Waals surface area contributed by atoms with E-state index in [0.717, 1.165) is 17.1 Å². The second-order valence-corrected chi connectivity index (χ2v) is 4.64. The van der Waals surface area contributed by atoms with Crippen molar-refractivity contribution < 1.29 is 4.79 Å². The molecule has 1 heterocycles. The van der Waals surface area contributed by atoms with Crippen LogP contribution in [0.4, 0.5) is 0 Å². The molecular formula is C10H15NOS. The summed E-state index contributed by atoms with van der Waals surface area (Å²) < 4.78 is 0. The Morgan fingerprint density at radius 2 is 2.38 bits per heavy atom. The lowest BCUT2D eigenvalue weighted by atomic mass is 10.0. The Morgan fingerprint density at radius 3 is 2.85 bits per heavy atom. The minimum Gasteiger partial charge on any atom is -0.300 e. The van der Waals surface area contributed by atoms with Gasteiger partial charge in [0, 0.05) is 11.8 Å². The fourth-order valence-corrected chi connectivity index (χ4v) is 2.05. The highest BCUT2D eigenvalue weighted by atomic mass is 32.1. The van der Waals surface area contributed by atoms with Gasteiger partial charge in [0.1, 0.15) is 5.78 Å². The first-order chi connectivity index (χ1) is 6.08. The maximum atomic E-state index is 10.8. The van der Waals surface area contributed by atoms with E-state index < -0.39 is 0 Å². The van der Waals surface area contributed by atoms with E-state index in [-0.39, 0.29) is 5.78 Å². The minimum absolute atomic E-state index is 0.263. The summed E-state index contributed by atoms with van der Waals surface area (Å²) in [4.78, 5) is 15.2. The summed E-state index contributed by atoms with van der Waals surface area (Å²) in [5.41, 5.74) is 1.12. The normalized spacial score (nSPS) is 12.8. The molecular weight excluding hydrogens is 182 g/mol. The Kier molecular flexibility index (Phi) is 3.60. The molecule has 0 bridgehead atoms. The molecule has 72 valence electrons. The highest BCUT2D eigenvalue weighted by Crippen LogP contribution is 2.14. The molecule has 0 amide bonds. The van der Waals surface area contributed by atoms with Crippen LogP contribution >= 0.6 is 11.3 Å². The van der Waals surface area contributed by atoms with E-state index in [9.17, 15) is 4.79 Å². The molecule has 1 aromatic heterocycles. The third kappa shape index (κ3) is 3.68. The first kappa shape index (κ1) is 10.4. The van der Waals surface area contributed by atoms with Gasteiger partial charge in [0.25, 0.3) is 0 Å². The van der Waals surface area contributed by atoms with E-state index >= 15 is 0 Å². The number of hydrogen-bond donors (Lipinski definition) is 0. The number of rotatable bonds is 4. The molecule has 1 atom stereocenters. The summed E-state index contributed by atoms with van der Waals surface area (Å²) in [7, 11) is 0. The van der Waals surface area contributed by atoms with E-state index in [4.69, 9.17) is 0 Å². The lowest BCUT2D eigenvalue weighted by Crippen LogP contribution is -2.05. The monoisotopic (exact) mass is 197 g/mol. The first-order valence-electron chi connectivity index (χ1n) is 4.48. The van der Waals surface area contributed by atoms with Gasteiger partial charge in [-0.05, 0) is 26.2 Å². The smallest absolute Gasteiger partial charge is 0.130 e. The van der Waals surface area contributed by atoms with Crippen molar-refractivity contribution in [1.82, 2.24) is 4.98 Å². The molecule has 0 N–H and O–H groups in total. The number of carbonyl (C=O) groups excluding carboxylic acids is 1. The third-order valence-corrected chi connectivity index (χ3v) is 2.68. The molecule has 2 nitrogen and oxygen atoms in total. The van der Waals surface area contributed by atoms with Gasteiger partial charge in [-0.3, -0.25) is 0 Å². The molecule has 3 heteroatoms. The van der Waals surface area contributed by atoms with Crippen LogP contribution < -0.4 is 0 Å². The molecule has 0 aromatic carbocycles. The standard InChI is InChI=1S/C10H15NOS/c1-7(4-8(2)12)5-10-6-13-9(3)11-10/h6-7H,4-5H2,1-3H3. The third-order valence-electron chi connectivity index (χ3n) is 1.86. The Hall–Kier alpha value is -0.700. The molecule has 0 radical (unpaired) electrons. The SMILES string of the molecule is CC(=O)CC(C)Cc1csc(C)n1. The summed E-state index contributed by atoms with van der Waals surface area (Å²) >= 11 is 1.67. The largest absolute Gasteiger partial charge is 0.300 e. The van der Waals surface area contributed by atoms with Gasteiger partial charge in [0.05, 0.1) is 10.7 Å². The number of ketones is 1. The Labute approximate surface area is 83.0 Å². The van der Waals surface area contributed by atoms with Crippen LogP contribution in [0.25, 0.3) is 0 Å². The van der Waals surface area contributed by atoms with Crippen molar-refractivity contribution in [1.29, 1.82) is 0 Å². The van der Waals surface area contributed by atoms with Crippen LogP contribution in [-0.4, -0.2) is 10.8 Å². The molecule has 0 aliphatic rings. The lowest BCUT2D eigenvalue weighted by Gasteiger charge is -2.05. The number of hydrogen-bond acceptors (Lipinski definition) is 3. The molecule has 0 spiro atoms. The summed E-state index contributed by atoms with van der Waals surface area (Å²) in [5, 5.41) is 3.18. The maximum absolute atomic E-state index is 10.8. The van der Waals surface area contributed by atoms with Crippen molar-refractivity contribution in [2.45, 2.75) is 33.6 Å². The van der Waals surface area contributed by atoms with Gasteiger partial charge in [-0.1, -0.05) is 6.92 Å². The number of Topliss-reactive ketones (excluding diaryl/α,β-unsaturated/α-hetero) is 1. The van der Waals surface area contributed by atoms with Crippen molar-refractivity contribution in [2.24, 2.45) is 5.92 Å². The van der Waals surface area contributed by atoms with Gasteiger partial charge in [-0.2, -0.15) is 0 Å². The summed E-state index contributed by atoms with van der Waals surface area (Å²) in [6.45, 7) is 5.74. The summed E-state index contributed by atoms with van der Waals surface area (Å²) in [5.74, 6) is 0.679. The van der Waals surface area contributed by atoms with Crippen molar-refractivity contribution in [3.8, 4) is 0 Å². The Morgan fingerprint density at radius 1 is 1.69 bits per heavy atom. The van der Waals surface area contributed by atoms with Crippen molar-refractivity contribution in [3.05, 3.63) is 16.1 Å². The molecule has 0 aliphatic heterocycles. The van der Waals surface area contributed by atoms with Gasteiger partial charge in [-0.25, -0.2) is 4.98 Å². The van der Waals surface area contributed by atoms with Gasteiger partial charge < -0.3 is 4.79 Å². The van der Waals surface area contributed by atoms with Crippen LogP contribution in [0.3, 0.4) is 0 Å². The molecule has 13 heavy (non-hydrogen) atoms. The lowest BCUT2D eigenvalue weighted by molar-refractivity contribution is -0.117. The highest BCUT2D eigenvalue weighted by molar-refractivity contribution is 7.09. The van der Waals surface area contributed by atoms with Gasteiger partial charge in [-0.15, -0.1) is 11.3 Å². The zero-order chi connectivity index (χ0) is 9.84. The van der Waals surface area contributed by atoms with Crippen LogP contribution in [0.5, 0.6) is 0 Å². The molecule has 1 unspecified atom stereocenters. The predicted molar refractivity (Wildman–Crippen MR) is 55.0 cm³/mol. The van der Waals surface area contributed by atoms with Crippen LogP contribution in [0.2, 0.25) is 0 Å². The second-order valence-electron chi connectivity index (χ2n) is 3.57. The zero-order valence-electron chi connectivity index (χ0n) is 8.33. The fraction of sp³-hybridized carbons (Fsp3) is 0.600. The molecule has 1 aromatic rings. The van der Waals surface area contributed by atoms with Crippen LogP contribution in [0.1, 0.15) is 31.0 Å². The van der Waals surface area contributed by atoms with E-state index in [1.165, 1.54) is 0 Å². The average molecular weight is 197 g/mol. The molecule has 0 saturated heterocycles.